The fourth-order valence-corrected chi connectivity index (χ4v) is 1.76. The third kappa shape index (κ3) is 7.04. The third-order valence-corrected chi connectivity index (χ3v) is 2.62. The number of carboxylic acids is 1. The number of carbonyl (C=O) groups is 3. The van der Waals surface area contributed by atoms with E-state index in [1.54, 1.807) is 20.0 Å². The van der Waals surface area contributed by atoms with Crippen molar-refractivity contribution in [1.82, 2.24) is 25.6 Å². The lowest BCUT2D eigenvalue weighted by molar-refractivity contribution is -0.139. The molecule has 0 unspecified atom stereocenters. The molecule has 0 aliphatic heterocycles. The van der Waals surface area contributed by atoms with Crippen LogP contribution in [0.2, 0.25) is 0 Å². The van der Waals surface area contributed by atoms with Crippen molar-refractivity contribution in [1.29, 1.82) is 0 Å². The van der Waals surface area contributed by atoms with E-state index >= 15 is 0 Å². The zero-order valence-electron chi connectivity index (χ0n) is 12.0. The molecule has 9 nitrogen and oxygen atoms in total. The first-order valence-electron chi connectivity index (χ1n) is 6.42. The van der Waals surface area contributed by atoms with Gasteiger partial charge in [-0.2, -0.15) is 0 Å². The van der Waals surface area contributed by atoms with Crippen molar-refractivity contribution in [3.8, 4) is 0 Å². The van der Waals surface area contributed by atoms with E-state index in [0.717, 1.165) is 0 Å². The number of carbonyl (C=O) groups excluding carboxylic acids is 2. The largest absolute Gasteiger partial charge is 0.481 e. The molecule has 0 fully saturated rings. The third-order valence-electron chi connectivity index (χ3n) is 2.62. The van der Waals surface area contributed by atoms with Crippen LogP contribution in [0, 0.1) is 5.41 Å². The van der Waals surface area contributed by atoms with Crippen LogP contribution in [0.5, 0.6) is 0 Å². The number of nitrogens with one attached hydrogen (secondary N) is 2. The highest BCUT2D eigenvalue weighted by molar-refractivity contribution is 5.94. The number of imide groups is 1. The van der Waals surface area contributed by atoms with Gasteiger partial charge in [0.2, 0.25) is 5.91 Å². The minimum Gasteiger partial charge on any atom is -0.481 e. The number of rotatable bonds is 7. The Kier molecular flexibility index (Phi) is 5.82. The lowest BCUT2D eigenvalue weighted by atomic mass is 9.85. The van der Waals surface area contributed by atoms with E-state index in [2.05, 4.69) is 20.9 Å². The molecule has 1 rings (SSSR count). The average Bonchev–Trinajstić information content (AvgIpc) is 2.78. The van der Waals surface area contributed by atoms with Crippen molar-refractivity contribution in [3.63, 3.8) is 0 Å². The van der Waals surface area contributed by atoms with Crippen molar-refractivity contribution in [2.45, 2.75) is 33.2 Å². The Bertz CT molecular complexity index is 498. The van der Waals surface area contributed by atoms with E-state index in [1.165, 1.54) is 10.9 Å². The summed E-state index contributed by atoms with van der Waals surface area (Å²) in [6.45, 7) is 4.04. The molecule has 0 saturated heterocycles. The maximum absolute atomic E-state index is 11.6. The Hall–Kier alpha value is -2.45. The normalized spacial score (nSPS) is 11.0. The number of aromatic nitrogens is 3. The van der Waals surface area contributed by atoms with Crippen molar-refractivity contribution in [2.24, 2.45) is 5.41 Å². The van der Waals surface area contributed by atoms with Gasteiger partial charge in [0, 0.05) is 19.2 Å². The standard InChI is InChI=1S/C12H19N5O4/c1-12(2,8-10(19)20)7-9(18)15-11(21)13-3-5-17-6-4-14-16-17/h4,6H,3,5,7-8H2,1-2H3,(H,19,20)(H2,13,15,18,21). The number of hydrogen-bond donors (Lipinski definition) is 3. The molecule has 0 bridgehead atoms. The van der Waals surface area contributed by atoms with Crippen LogP contribution in [0.4, 0.5) is 4.79 Å². The van der Waals surface area contributed by atoms with Crippen LogP contribution < -0.4 is 10.6 Å². The molecule has 0 aliphatic carbocycles. The van der Waals surface area contributed by atoms with Gasteiger partial charge in [-0.15, -0.1) is 5.10 Å². The fraction of sp³-hybridized carbons (Fsp3) is 0.583. The SMILES string of the molecule is CC(C)(CC(=O)O)CC(=O)NC(=O)NCCn1ccnn1. The molecule has 21 heavy (non-hydrogen) atoms. The van der Waals surface area contributed by atoms with Gasteiger partial charge in [0.05, 0.1) is 19.2 Å². The summed E-state index contributed by atoms with van der Waals surface area (Å²) < 4.78 is 1.54. The summed E-state index contributed by atoms with van der Waals surface area (Å²) in [5, 5.41) is 20.7. The molecule has 1 heterocycles. The van der Waals surface area contributed by atoms with E-state index in [9.17, 15) is 14.4 Å². The zero-order valence-corrected chi connectivity index (χ0v) is 12.0. The van der Waals surface area contributed by atoms with E-state index in [0.29, 0.717) is 13.1 Å². The first-order chi connectivity index (χ1) is 9.78. The molecule has 0 radical (unpaired) electrons. The molecule has 9 heteroatoms. The minimum absolute atomic E-state index is 0.0458. The summed E-state index contributed by atoms with van der Waals surface area (Å²) in [4.78, 5) is 33.8. The smallest absolute Gasteiger partial charge is 0.321 e. The van der Waals surface area contributed by atoms with Crippen LogP contribution in [0.3, 0.4) is 0 Å². The van der Waals surface area contributed by atoms with E-state index in [1.807, 2.05) is 0 Å². The average molecular weight is 297 g/mol. The van der Waals surface area contributed by atoms with Gasteiger partial charge < -0.3 is 10.4 Å². The molecular formula is C12H19N5O4. The van der Waals surface area contributed by atoms with Gasteiger partial charge in [-0.3, -0.25) is 19.6 Å². The number of nitrogens with zero attached hydrogens (tertiary/aromatic N) is 3. The second-order valence-corrected chi connectivity index (χ2v) is 5.38. The predicted molar refractivity (Wildman–Crippen MR) is 72.2 cm³/mol. The van der Waals surface area contributed by atoms with Gasteiger partial charge in [0.15, 0.2) is 0 Å². The molecule has 0 atom stereocenters. The summed E-state index contributed by atoms with van der Waals surface area (Å²) in [7, 11) is 0. The number of amides is 3. The lowest BCUT2D eigenvalue weighted by Gasteiger charge is -2.21. The van der Waals surface area contributed by atoms with Crippen molar-refractivity contribution >= 4 is 17.9 Å². The topological polar surface area (TPSA) is 126 Å². The summed E-state index contributed by atoms with van der Waals surface area (Å²) in [5.41, 5.74) is -0.711. The summed E-state index contributed by atoms with van der Waals surface area (Å²) in [6, 6.07) is -0.619. The van der Waals surface area contributed by atoms with Crippen LogP contribution in [-0.2, 0) is 16.1 Å². The van der Waals surface area contributed by atoms with Gasteiger partial charge in [-0.05, 0) is 5.41 Å². The highest BCUT2D eigenvalue weighted by Gasteiger charge is 2.25. The Morgan fingerprint density at radius 1 is 1.29 bits per heavy atom. The Labute approximate surface area is 121 Å². The van der Waals surface area contributed by atoms with Crippen LogP contribution in [-0.4, -0.2) is 44.6 Å². The van der Waals surface area contributed by atoms with Gasteiger partial charge in [0.25, 0.3) is 0 Å². The first kappa shape index (κ1) is 16.6. The lowest BCUT2D eigenvalue weighted by Crippen LogP contribution is -2.42. The maximum Gasteiger partial charge on any atom is 0.321 e. The molecule has 3 amide bonds. The summed E-state index contributed by atoms with van der Waals surface area (Å²) in [6.07, 6.45) is 2.98. The Balaban J connectivity index is 2.27. The van der Waals surface area contributed by atoms with E-state index in [4.69, 9.17) is 5.11 Å². The number of aliphatic carboxylic acids is 1. The van der Waals surface area contributed by atoms with Gasteiger partial charge in [-0.25, -0.2) is 4.79 Å². The highest BCUT2D eigenvalue weighted by atomic mass is 16.4. The molecule has 1 aromatic rings. The summed E-state index contributed by atoms with van der Waals surface area (Å²) >= 11 is 0. The predicted octanol–water partition coefficient (Wildman–Crippen LogP) is -0.00510. The maximum atomic E-state index is 11.6. The molecule has 0 aromatic carbocycles. The van der Waals surface area contributed by atoms with Crippen LogP contribution >= 0.6 is 0 Å². The first-order valence-corrected chi connectivity index (χ1v) is 6.42. The molecule has 0 aliphatic rings. The Morgan fingerprint density at radius 2 is 2.00 bits per heavy atom. The second kappa shape index (κ2) is 7.36. The van der Waals surface area contributed by atoms with Gasteiger partial charge in [-0.1, -0.05) is 19.1 Å². The van der Waals surface area contributed by atoms with Gasteiger partial charge in [0.1, 0.15) is 0 Å². The molecular weight excluding hydrogens is 278 g/mol. The van der Waals surface area contributed by atoms with Crippen LogP contribution in [0.15, 0.2) is 12.4 Å². The Morgan fingerprint density at radius 3 is 2.57 bits per heavy atom. The molecule has 0 spiro atoms. The van der Waals surface area contributed by atoms with Crippen molar-refractivity contribution < 1.29 is 19.5 Å². The van der Waals surface area contributed by atoms with E-state index in [-0.39, 0.29) is 12.8 Å². The fourth-order valence-electron chi connectivity index (χ4n) is 1.76. The second-order valence-electron chi connectivity index (χ2n) is 5.38. The quantitative estimate of drug-likeness (QED) is 0.650. The van der Waals surface area contributed by atoms with Crippen LogP contribution in [0.1, 0.15) is 26.7 Å². The van der Waals surface area contributed by atoms with Crippen molar-refractivity contribution in [3.05, 3.63) is 12.4 Å². The van der Waals surface area contributed by atoms with Crippen molar-refractivity contribution in [2.75, 3.05) is 6.54 Å². The monoisotopic (exact) mass is 297 g/mol. The zero-order chi connectivity index (χ0) is 15.9. The summed E-state index contributed by atoms with van der Waals surface area (Å²) in [5.74, 6) is -1.50. The molecule has 0 saturated carbocycles. The van der Waals surface area contributed by atoms with Crippen LogP contribution in [0.25, 0.3) is 0 Å². The number of hydrogen-bond acceptors (Lipinski definition) is 5. The molecule has 116 valence electrons. The number of urea groups is 1. The minimum atomic E-state index is -0.981. The highest BCUT2D eigenvalue weighted by Crippen LogP contribution is 2.24. The number of carboxylic acid groups (broad SMARTS) is 1. The molecule has 1 aromatic heterocycles. The van der Waals surface area contributed by atoms with E-state index < -0.39 is 23.3 Å². The molecule has 3 N–H and O–H groups in total. The van der Waals surface area contributed by atoms with Gasteiger partial charge >= 0.3 is 12.0 Å².